The molecule has 2 N–H and O–H groups in total. The normalized spacial score (nSPS) is 23.1. The Labute approximate surface area is 199 Å². The topological polar surface area (TPSA) is 113 Å². The molecule has 0 bridgehead atoms. The van der Waals surface area contributed by atoms with Crippen LogP contribution in [0.5, 0.6) is 17.2 Å². The van der Waals surface area contributed by atoms with Gasteiger partial charge in [0.15, 0.2) is 5.54 Å². The van der Waals surface area contributed by atoms with Crippen LogP contribution in [0.25, 0.3) is 0 Å². The molecular formula is C22H22F3N3O6S. The average Bonchev–Trinajstić information content (AvgIpc) is 3.15. The van der Waals surface area contributed by atoms with Gasteiger partial charge in [-0.2, -0.15) is 21.6 Å². The highest BCUT2D eigenvalue weighted by atomic mass is 32.2. The van der Waals surface area contributed by atoms with E-state index in [0.717, 1.165) is 17.8 Å². The molecule has 1 saturated heterocycles. The number of fused-ring (bicyclic) bond motifs is 4. The van der Waals surface area contributed by atoms with Crippen molar-refractivity contribution in [2.75, 3.05) is 31.2 Å². The number of amidine groups is 1. The second-order valence-electron chi connectivity index (χ2n) is 9.05. The van der Waals surface area contributed by atoms with Gasteiger partial charge in [0, 0.05) is 29.9 Å². The molecule has 3 aliphatic rings. The summed E-state index contributed by atoms with van der Waals surface area (Å²) in [5.41, 5.74) is 0.340. The molecule has 0 radical (unpaired) electrons. The van der Waals surface area contributed by atoms with Crippen molar-refractivity contribution in [1.29, 1.82) is 0 Å². The molecule has 188 valence electrons. The van der Waals surface area contributed by atoms with E-state index in [-0.39, 0.29) is 29.5 Å². The van der Waals surface area contributed by atoms with E-state index in [1.807, 2.05) is 26.0 Å². The van der Waals surface area contributed by atoms with Gasteiger partial charge in [-0.05, 0) is 50.2 Å². The SMILES string of the molecule is CC1(C)CN(c2ccc3c(c2)C2(COC(N)=N2)c2cc(OS(=O)(=O)C(F)(F)F)ccc2O3)CCO1. The first-order chi connectivity index (χ1) is 16.3. The summed E-state index contributed by atoms with van der Waals surface area (Å²) in [5.74, 6) is 0.184. The second kappa shape index (κ2) is 7.65. The van der Waals surface area contributed by atoms with Crippen LogP contribution in [0.3, 0.4) is 0 Å². The van der Waals surface area contributed by atoms with E-state index < -0.39 is 26.9 Å². The lowest BCUT2D eigenvalue weighted by atomic mass is 9.81. The number of nitrogens with zero attached hydrogens (tertiary/aromatic N) is 2. The van der Waals surface area contributed by atoms with Gasteiger partial charge in [0.2, 0.25) is 0 Å². The number of ether oxygens (including phenoxy) is 3. The van der Waals surface area contributed by atoms with Crippen LogP contribution in [0.4, 0.5) is 18.9 Å². The third-order valence-electron chi connectivity index (χ3n) is 6.04. The molecule has 0 amide bonds. The largest absolute Gasteiger partial charge is 0.534 e. The molecule has 0 saturated carbocycles. The number of halogens is 3. The maximum Gasteiger partial charge on any atom is 0.534 e. The van der Waals surface area contributed by atoms with Gasteiger partial charge in [-0.1, -0.05) is 0 Å². The van der Waals surface area contributed by atoms with Crippen molar-refractivity contribution < 1.29 is 40.0 Å². The van der Waals surface area contributed by atoms with Crippen LogP contribution in [0.15, 0.2) is 41.4 Å². The molecule has 3 heterocycles. The maximum atomic E-state index is 12.9. The van der Waals surface area contributed by atoms with Crippen LogP contribution in [-0.4, -0.2) is 51.9 Å². The summed E-state index contributed by atoms with van der Waals surface area (Å²) < 4.78 is 83.3. The number of hydrogen-bond donors (Lipinski definition) is 1. The zero-order chi connectivity index (χ0) is 25.2. The van der Waals surface area contributed by atoms with Crippen molar-refractivity contribution >= 4 is 21.8 Å². The molecule has 13 heteroatoms. The highest BCUT2D eigenvalue weighted by Crippen LogP contribution is 2.52. The van der Waals surface area contributed by atoms with Gasteiger partial charge < -0.3 is 29.0 Å². The number of morpholine rings is 1. The Morgan fingerprint density at radius 2 is 1.80 bits per heavy atom. The molecule has 2 aromatic rings. The second-order valence-corrected chi connectivity index (χ2v) is 10.6. The van der Waals surface area contributed by atoms with Crippen molar-refractivity contribution in [2.45, 2.75) is 30.5 Å². The first-order valence-corrected chi connectivity index (χ1v) is 12.1. The molecule has 2 aromatic carbocycles. The van der Waals surface area contributed by atoms with Gasteiger partial charge in [0.25, 0.3) is 6.02 Å². The first kappa shape index (κ1) is 23.5. The fraction of sp³-hybridized carbons (Fsp3) is 0.409. The van der Waals surface area contributed by atoms with Gasteiger partial charge in [-0.3, -0.25) is 0 Å². The van der Waals surface area contributed by atoms with Crippen molar-refractivity contribution in [2.24, 2.45) is 10.7 Å². The van der Waals surface area contributed by atoms with Crippen LogP contribution in [0.2, 0.25) is 0 Å². The third-order valence-corrected chi connectivity index (χ3v) is 7.01. The Bertz CT molecular complexity index is 1330. The minimum absolute atomic E-state index is 0.0598. The number of anilines is 1. The lowest BCUT2D eigenvalue weighted by Crippen LogP contribution is -2.48. The van der Waals surface area contributed by atoms with Gasteiger partial charge in [-0.25, -0.2) is 4.99 Å². The van der Waals surface area contributed by atoms with Crippen LogP contribution in [-0.2, 0) is 25.1 Å². The predicted molar refractivity (Wildman–Crippen MR) is 119 cm³/mol. The standard InChI is InChI=1S/C22H22F3N3O6S/c1-20(2)11-28(7-8-32-20)13-3-5-17-15(9-13)21(12-31-19(26)27-21)16-10-14(4-6-18(16)33-17)34-35(29,30)22(23,24)25/h3-6,9-10H,7-8,11-12H2,1-2H3,(H2,26,27). The maximum absolute atomic E-state index is 12.9. The Morgan fingerprint density at radius 3 is 2.43 bits per heavy atom. The highest BCUT2D eigenvalue weighted by Gasteiger charge is 2.50. The monoisotopic (exact) mass is 513 g/mol. The molecule has 3 aliphatic heterocycles. The zero-order valence-electron chi connectivity index (χ0n) is 18.8. The van der Waals surface area contributed by atoms with Gasteiger partial charge in [0.05, 0.1) is 12.2 Å². The summed E-state index contributed by atoms with van der Waals surface area (Å²) >= 11 is 0. The summed E-state index contributed by atoms with van der Waals surface area (Å²) in [6.45, 7) is 5.75. The van der Waals surface area contributed by atoms with E-state index in [1.54, 1.807) is 6.07 Å². The summed E-state index contributed by atoms with van der Waals surface area (Å²) in [5, 5.41) is 0. The van der Waals surface area contributed by atoms with E-state index in [9.17, 15) is 21.6 Å². The van der Waals surface area contributed by atoms with Crippen LogP contribution >= 0.6 is 0 Å². The number of benzene rings is 2. The fourth-order valence-corrected chi connectivity index (χ4v) is 4.93. The fourth-order valence-electron chi connectivity index (χ4n) is 4.48. The Balaban J connectivity index is 1.60. The van der Waals surface area contributed by atoms with Crippen LogP contribution in [0.1, 0.15) is 25.0 Å². The van der Waals surface area contributed by atoms with E-state index in [4.69, 9.17) is 19.9 Å². The molecule has 1 fully saturated rings. The molecule has 0 aromatic heterocycles. The quantitative estimate of drug-likeness (QED) is 0.492. The molecule has 9 nitrogen and oxygen atoms in total. The predicted octanol–water partition coefficient (Wildman–Crippen LogP) is 3.22. The average molecular weight is 513 g/mol. The third kappa shape index (κ3) is 4.01. The number of hydrogen-bond acceptors (Lipinski definition) is 9. The lowest BCUT2D eigenvalue weighted by molar-refractivity contribution is -0.0500. The smallest absolute Gasteiger partial charge is 0.462 e. The Hall–Kier alpha value is -3.19. The lowest BCUT2D eigenvalue weighted by Gasteiger charge is -2.40. The van der Waals surface area contributed by atoms with Crippen LogP contribution in [0, 0.1) is 0 Å². The summed E-state index contributed by atoms with van der Waals surface area (Å²) in [7, 11) is -5.87. The van der Waals surface area contributed by atoms with E-state index in [2.05, 4.69) is 14.1 Å². The summed E-state index contributed by atoms with van der Waals surface area (Å²) in [4.78, 5) is 6.63. The zero-order valence-corrected chi connectivity index (χ0v) is 19.6. The molecule has 35 heavy (non-hydrogen) atoms. The van der Waals surface area contributed by atoms with Crippen molar-refractivity contribution in [3.05, 3.63) is 47.5 Å². The number of nitrogens with two attached hydrogens (primary N) is 1. The van der Waals surface area contributed by atoms with Gasteiger partial charge >= 0.3 is 15.6 Å². The minimum atomic E-state index is -5.87. The van der Waals surface area contributed by atoms with Crippen LogP contribution < -0.4 is 19.6 Å². The number of rotatable bonds is 3. The van der Waals surface area contributed by atoms with E-state index >= 15 is 0 Å². The van der Waals surface area contributed by atoms with E-state index in [1.165, 1.54) is 6.07 Å². The molecule has 1 spiro atoms. The van der Waals surface area contributed by atoms with Crippen molar-refractivity contribution in [3.8, 4) is 17.2 Å². The Kier molecular flexibility index (Phi) is 5.15. The summed E-state index contributed by atoms with van der Waals surface area (Å²) in [6.07, 6.45) is 0. The molecule has 1 unspecified atom stereocenters. The number of aliphatic imine (C=N–C) groups is 1. The van der Waals surface area contributed by atoms with Gasteiger partial charge in [-0.15, -0.1) is 0 Å². The van der Waals surface area contributed by atoms with Gasteiger partial charge in [0.1, 0.15) is 23.9 Å². The minimum Gasteiger partial charge on any atom is -0.462 e. The van der Waals surface area contributed by atoms with Crippen molar-refractivity contribution in [1.82, 2.24) is 0 Å². The van der Waals surface area contributed by atoms with Crippen molar-refractivity contribution in [3.63, 3.8) is 0 Å². The molecule has 0 aliphatic carbocycles. The molecule has 5 rings (SSSR count). The Morgan fingerprint density at radius 1 is 1.11 bits per heavy atom. The van der Waals surface area contributed by atoms with E-state index in [0.29, 0.717) is 31.0 Å². The number of alkyl halides is 3. The molecule has 1 atom stereocenters. The first-order valence-electron chi connectivity index (χ1n) is 10.6. The molecular weight excluding hydrogens is 491 g/mol. The highest BCUT2D eigenvalue weighted by molar-refractivity contribution is 7.88. The summed E-state index contributed by atoms with van der Waals surface area (Å²) in [6, 6.07) is 8.98.